The molecule has 1 atom stereocenters. The van der Waals surface area contributed by atoms with Gasteiger partial charge in [-0.3, -0.25) is 0 Å². The zero-order valence-corrected chi connectivity index (χ0v) is 9.57. The number of hydrogen-bond acceptors (Lipinski definition) is 2. The third-order valence-corrected chi connectivity index (χ3v) is 2.90. The van der Waals surface area contributed by atoms with E-state index in [1.807, 2.05) is 30.5 Å². The van der Waals surface area contributed by atoms with E-state index in [1.54, 1.807) is 13.8 Å². The fourth-order valence-corrected chi connectivity index (χ4v) is 1.76. The molecular formula is C13H17NO2. The average molecular weight is 219 g/mol. The highest BCUT2D eigenvalue weighted by Crippen LogP contribution is 2.21. The third-order valence-electron chi connectivity index (χ3n) is 2.90. The molecule has 0 radical (unpaired) electrons. The first kappa shape index (κ1) is 11.2. The van der Waals surface area contributed by atoms with Gasteiger partial charge in [0.25, 0.3) is 0 Å². The fraction of sp³-hybridized carbons (Fsp3) is 0.385. The van der Waals surface area contributed by atoms with Crippen molar-refractivity contribution in [2.75, 3.05) is 0 Å². The number of aliphatic hydroxyl groups is 2. The van der Waals surface area contributed by atoms with Crippen molar-refractivity contribution in [3.8, 4) is 0 Å². The molecule has 1 heterocycles. The number of benzene rings is 1. The van der Waals surface area contributed by atoms with E-state index >= 15 is 0 Å². The molecule has 2 rings (SSSR count). The van der Waals surface area contributed by atoms with Gasteiger partial charge in [-0.25, -0.2) is 0 Å². The van der Waals surface area contributed by atoms with Gasteiger partial charge in [0, 0.05) is 23.5 Å². The van der Waals surface area contributed by atoms with Gasteiger partial charge in [0.1, 0.15) is 0 Å². The number of aromatic nitrogens is 1. The van der Waals surface area contributed by atoms with Gasteiger partial charge in [0.15, 0.2) is 0 Å². The Morgan fingerprint density at radius 1 is 1.31 bits per heavy atom. The summed E-state index contributed by atoms with van der Waals surface area (Å²) in [5, 5.41) is 20.7. The lowest BCUT2D eigenvalue weighted by Crippen LogP contribution is -2.37. The first-order valence-electron chi connectivity index (χ1n) is 5.44. The second-order valence-corrected chi connectivity index (χ2v) is 4.73. The van der Waals surface area contributed by atoms with Crippen LogP contribution in [0.25, 0.3) is 10.9 Å². The van der Waals surface area contributed by atoms with Crippen LogP contribution in [0.4, 0.5) is 0 Å². The molecular weight excluding hydrogens is 202 g/mol. The minimum Gasteiger partial charge on any atom is -0.390 e. The smallest absolute Gasteiger partial charge is 0.0862 e. The van der Waals surface area contributed by atoms with Gasteiger partial charge in [0.05, 0.1) is 11.7 Å². The summed E-state index contributed by atoms with van der Waals surface area (Å²) in [7, 11) is 0. The number of para-hydroxylation sites is 1. The summed E-state index contributed by atoms with van der Waals surface area (Å²) in [6, 6.07) is 7.94. The Morgan fingerprint density at radius 3 is 2.69 bits per heavy atom. The van der Waals surface area contributed by atoms with Crippen LogP contribution in [0.15, 0.2) is 30.5 Å². The van der Waals surface area contributed by atoms with Gasteiger partial charge >= 0.3 is 0 Å². The summed E-state index contributed by atoms with van der Waals surface area (Å²) in [5.41, 5.74) is 1.02. The minimum atomic E-state index is -1.07. The molecule has 86 valence electrons. The van der Waals surface area contributed by atoms with Gasteiger partial charge in [0.2, 0.25) is 0 Å². The fourth-order valence-electron chi connectivity index (χ4n) is 1.76. The van der Waals surface area contributed by atoms with Gasteiger partial charge in [-0.2, -0.15) is 0 Å². The van der Waals surface area contributed by atoms with E-state index in [9.17, 15) is 10.2 Å². The molecule has 0 spiro atoms. The van der Waals surface area contributed by atoms with Gasteiger partial charge < -0.3 is 15.2 Å². The molecule has 0 fully saturated rings. The first-order chi connectivity index (χ1) is 7.48. The van der Waals surface area contributed by atoms with E-state index in [-0.39, 0.29) is 0 Å². The van der Waals surface area contributed by atoms with Crippen LogP contribution in [0.5, 0.6) is 0 Å². The van der Waals surface area contributed by atoms with Crippen LogP contribution in [0.2, 0.25) is 0 Å². The topological polar surface area (TPSA) is 56.2 Å². The van der Waals surface area contributed by atoms with Crippen molar-refractivity contribution in [2.24, 2.45) is 0 Å². The van der Waals surface area contributed by atoms with Crippen molar-refractivity contribution < 1.29 is 10.2 Å². The average Bonchev–Trinajstić information content (AvgIpc) is 2.61. The maximum absolute atomic E-state index is 9.85. The number of aromatic amines is 1. The monoisotopic (exact) mass is 219 g/mol. The highest BCUT2D eigenvalue weighted by Gasteiger charge is 2.25. The lowest BCUT2D eigenvalue weighted by atomic mass is 9.95. The highest BCUT2D eigenvalue weighted by atomic mass is 16.3. The Hall–Kier alpha value is -1.32. The van der Waals surface area contributed by atoms with Gasteiger partial charge in [-0.15, -0.1) is 0 Å². The number of aliphatic hydroxyl groups excluding tert-OH is 1. The van der Waals surface area contributed by atoms with Crippen molar-refractivity contribution in [2.45, 2.75) is 32.0 Å². The molecule has 3 nitrogen and oxygen atoms in total. The largest absolute Gasteiger partial charge is 0.390 e. The second-order valence-electron chi connectivity index (χ2n) is 4.73. The molecule has 2 aromatic rings. The van der Waals surface area contributed by atoms with E-state index in [4.69, 9.17) is 0 Å². The van der Waals surface area contributed by atoms with Crippen LogP contribution < -0.4 is 0 Å². The second kappa shape index (κ2) is 3.92. The highest BCUT2D eigenvalue weighted by molar-refractivity contribution is 5.83. The summed E-state index contributed by atoms with van der Waals surface area (Å²) >= 11 is 0. The minimum absolute atomic E-state index is 0.452. The molecule has 1 unspecified atom stereocenters. The summed E-state index contributed by atoms with van der Waals surface area (Å²) in [4.78, 5) is 3.15. The predicted molar refractivity (Wildman–Crippen MR) is 64.3 cm³/mol. The lowest BCUT2D eigenvalue weighted by Gasteiger charge is -2.24. The zero-order chi connectivity index (χ0) is 11.8. The molecule has 0 amide bonds. The number of fused-ring (bicyclic) bond motifs is 1. The van der Waals surface area contributed by atoms with E-state index in [0.717, 1.165) is 16.5 Å². The molecule has 0 aliphatic carbocycles. The van der Waals surface area contributed by atoms with Crippen LogP contribution >= 0.6 is 0 Å². The molecule has 1 aromatic carbocycles. The lowest BCUT2D eigenvalue weighted by molar-refractivity contribution is -0.0468. The maximum atomic E-state index is 9.85. The normalized spacial score (nSPS) is 14.2. The molecule has 0 aliphatic rings. The van der Waals surface area contributed by atoms with Crippen molar-refractivity contribution in [1.29, 1.82) is 0 Å². The predicted octanol–water partition coefficient (Wildman–Crippen LogP) is 1.84. The Bertz CT molecular complexity index is 482. The Balaban J connectivity index is 2.28. The van der Waals surface area contributed by atoms with Crippen LogP contribution in [-0.2, 0) is 6.42 Å². The Morgan fingerprint density at radius 2 is 2.00 bits per heavy atom. The number of rotatable bonds is 3. The summed E-state index contributed by atoms with van der Waals surface area (Å²) in [6.45, 7) is 3.24. The van der Waals surface area contributed by atoms with Gasteiger partial charge in [-0.1, -0.05) is 18.2 Å². The third kappa shape index (κ3) is 2.10. The van der Waals surface area contributed by atoms with Crippen LogP contribution in [0.3, 0.4) is 0 Å². The van der Waals surface area contributed by atoms with Gasteiger partial charge in [-0.05, 0) is 25.5 Å². The van der Waals surface area contributed by atoms with E-state index in [0.29, 0.717) is 6.42 Å². The summed E-state index contributed by atoms with van der Waals surface area (Å²) in [5.74, 6) is 0. The number of nitrogens with one attached hydrogen (secondary N) is 1. The van der Waals surface area contributed by atoms with Crippen molar-refractivity contribution in [3.63, 3.8) is 0 Å². The molecule has 3 N–H and O–H groups in total. The number of H-pyrrole nitrogens is 1. The van der Waals surface area contributed by atoms with Crippen LogP contribution in [-0.4, -0.2) is 26.9 Å². The van der Waals surface area contributed by atoms with E-state index in [2.05, 4.69) is 4.98 Å². The van der Waals surface area contributed by atoms with Crippen molar-refractivity contribution >= 4 is 10.9 Å². The molecule has 0 bridgehead atoms. The zero-order valence-electron chi connectivity index (χ0n) is 9.57. The molecule has 0 saturated carbocycles. The quantitative estimate of drug-likeness (QED) is 0.737. The molecule has 0 aliphatic heterocycles. The molecule has 3 heteroatoms. The maximum Gasteiger partial charge on any atom is 0.0862 e. The summed E-state index contributed by atoms with van der Waals surface area (Å²) < 4.78 is 0. The standard InChI is InChI=1S/C13H17NO2/c1-13(2,16)12(15)7-9-8-14-11-6-4-3-5-10(9)11/h3-6,8,12,14-16H,7H2,1-2H3. The van der Waals surface area contributed by atoms with E-state index in [1.165, 1.54) is 0 Å². The number of hydrogen-bond donors (Lipinski definition) is 3. The summed E-state index contributed by atoms with van der Waals surface area (Å²) in [6.07, 6.45) is 1.58. The van der Waals surface area contributed by atoms with Crippen molar-refractivity contribution in [1.82, 2.24) is 4.98 Å². The van der Waals surface area contributed by atoms with E-state index < -0.39 is 11.7 Å². The Labute approximate surface area is 94.7 Å². The first-order valence-corrected chi connectivity index (χ1v) is 5.44. The molecule has 16 heavy (non-hydrogen) atoms. The van der Waals surface area contributed by atoms with Crippen LogP contribution in [0, 0.1) is 0 Å². The van der Waals surface area contributed by atoms with Crippen LogP contribution in [0.1, 0.15) is 19.4 Å². The molecule has 1 aromatic heterocycles. The molecule has 0 saturated heterocycles. The van der Waals surface area contributed by atoms with Crippen molar-refractivity contribution in [3.05, 3.63) is 36.0 Å². The Kier molecular flexibility index (Phi) is 2.74. The SMILES string of the molecule is CC(C)(O)C(O)Cc1c[nH]c2ccccc12.